The van der Waals surface area contributed by atoms with Gasteiger partial charge in [-0.15, -0.1) is 0 Å². The zero-order valence-corrected chi connectivity index (χ0v) is 12.2. The van der Waals surface area contributed by atoms with Gasteiger partial charge in [-0.05, 0) is 43.4 Å². The summed E-state index contributed by atoms with van der Waals surface area (Å²) in [5, 5.41) is 8.43. The predicted molar refractivity (Wildman–Crippen MR) is 79.5 cm³/mol. The standard InChI is InChI=1S/C16H21NO4/c1-20-14-10-9-12(5-4-8-16(18)17-19)11-15(14)21-13-6-2-3-7-13/h4-5,9-11,13,19H,2-3,6-8H2,1H3,(H,17,18)/b5-4+. The maximum atomic E-state index is 10.9. The van der Waals surface area contributed by atoms with E-state index < -0.39 is 5.91 Å². The lowest BCUT2D eigenvalue weighted by atomic mass is 10.1. The average molecular weight is 291 g/mol. The molecule has 114 valence electrons. The number of rotatable bonds is 6. The Balaban J connectivity index is 2.07. The van der Waals surface area contributed by atoms with E-state index in [0.717, 1.165) is 24.2 Å². The van der Waals surface area contributed by atoms with Crippen molar-refractivity contribution in [3.63, 3.8) is 0 Å². The number of carbonyl (C=O) groups excluding carboxylic acids is 1. The molecular formula is C16H21NO4. The molecule has 0 heterocycles. The van der Waals surface area contributed by atoms with Crippen molar-refractivity contribution in [2.45, 2.75) is 38.2 Å². The lowest BCUT2D eigenvalue weighted by Gasteiger charge is -2.16. The highest BCUT2D eigenvalue weighted by molar-refractivity contribution is 5.77. The zero-order valence-electron chi connectivity index (χ0n) is 12.2. The first kappa shape index (κ1) is 15.4. The van der Waals surface area contributed by atoms with Crippen LogP contribution < -0.4 is 15.0 Å². The second-order valence-corrected chi connectivity index (χ2v) is 5.08. The third kappa shape index (κ3) is 4.49. The number of hydroxylamine groups is 1. The van der Waals surface area contributed by atoms with Crippen LogP contribution in [0.1, 0.15) is 37.7 Å². The molecule has 5 nitrogen and oxygen atoms in total. The van der Waals surface area contributed by atoms with E-state index in [2.05, 4.69) is 0 Å². The van der Waals surface area contributed by atoms with Crippen molar-refractivity contribution in [1.82, 2.24) is 5.48 Å². The number of hydrogen-bond donors (Lipinski definition) is 2. The van der Waals surface area contributed by atoms with Gasteiger partial charge in [0.25, 0.3) is 0 Å². The third-order valence-electron chi connectivity index (χ3n) is 3.52. The second-order valence-electron chi connectivity index (χ2n) is 5.08. The summed E-state index contributed by atoms with van der Waals surface area (Å²) in [5.41, 5.74) is 2.52. The summed E-state index contributed by atoms with van der Waals surface area (Å²) in [4.78, 5) is 10.9. The van der Waals surface area contributed by atoms with Crippen molar-refractivity contribution in [2.24, 2.45) is 0 Å². The molecule has 1 amide bonds. The van der Waals surface area contributed by atoms with Crippen LogP contribution in [0.25, 0.3) is 6.08 Å². The van der Waals surface area contributed by atoms with Gasteiger partial charge in [0.05, 0.1) is 13.2 Å². The van der Waals surface area contributed by atoms with E-state index in [1.807, 2.05) is 24.3 Å². The Kier molecular flexibility index (Phi) is 5.63. The van der Waals surface area contributed by atoms with E-state index in [1.54, 1.807) is 18.7 Å². The summed E-state index contributed by atoms with van der Waals surface area (Å²) in [6.45, 7) is 0. The van der Waals surface area contributed by atoms with Crippen LogP contribution >= 0.6 is 0 Å². The number of nitrogens with one attached hydrogen (secondary N) is 1. The molecule has 5 heteroatoms. The maximum Gasteiger partial charge on any atom is 0.247 e. The predicted octanol–water partition coefficient (Wildman–Crippen LogP) is 2.93. The van der Waals surface area contributed by atoms with Crippen LogP contribution in [0, 0.1) is 0 Å². The molecule has 1 aliphatic carbocycles. The highest BCUT2D eigenvalue weighted by atomic mass is 16.5. The molecule has 2 rings (SSSR count). The van der Waals surface area contributed by atoms with Crippen molar-refractivity contribution in [3.8, 4) is 11.5 Å². The fraction of sp³-hybridized carbons (Fsp3) is 0.438. The van der Waals surface area contributed by atoms with Gasteiger partial charge >= 0.3 is 0 Å². The van der Waals surface area contributed by atoms with E-state index in [-0.39, 0.29) is 12.5 Å². The van der Waals surface area contributed by atoms with Gasteiger partial charge in [-0.2, -0.15) is 0 Å². The van der Waals surface area contributed by atoms with E-state index in [4.69, 9.17) is 14.7 Å². The normalized spacial score (nSPS) is 15.3. The van der Waals surface area contributed by atoms with Crippen LogP contribution in [0.3, 0.4) is 0 Å². The van der Waals surface area contributed by atoms with Crippen LogP contribution in [0.2, 0.25) is 0 Å². The van der Waals surface area contributed by atoms with Crippen LogP contribution in [0.15, 0.2) is 24.3 Å². The van der Waals surface area contributed by atoms with Gasteiger partial charge in [-0.1, -0.05) is 18.2 Å². The molecule has 1 saturated carbocycles. The van der Waals surface area contributed by atoms with Crippen LogP contribution in [-0.2, 0) is 4.79 Å². The molecule has 0 aliphatic heterocycles. The molecule has 0 aromatic heterocycles. The molecule has 1 fully saturated rings. The summed E-state index contributed by atoms with van der Waals surface area (Å²) < 4.78 is 11.3. The largest absolute Gasteiger partial charge is 0.493 e. The van der Waals surface area contributed by atoms with Crippen LogP contribution in [0.4, 0.5) is 0 Å². The Morgan fingerprint density at radius 1 is 1.38 bits per heavy atom. The SMILES string of the molecule is COc1ccc(/C=C/CC(=O)NO)cc1OC1CCCC1. The van der Waals surface area contributed by atoms with Crippen molar-refractivity contribution >= 4 is 12.0 Å². The number of benzene rings is 1. The monoisotopic (exact) mass is 291 g/mol. The Bertz CT molecular complexity index is 507. The van der Waals surface area contributed by atoms with Gasteiger partial charge < -0.3 is 9.47 Å². The fourth-order valence-corrected chi connectivity index (χ4v) is 2.42. The Hall–Kier alpha value is -2.01. The molecule has 0 saturated heterocycles. The number of methoxy groups -OCH3 is 1. The Morgan fingerprint density at radius 3 is 2.81 bits per heavy atom. The number of amides is 1. The van der Waals surface area contributed by atoms with Gasteiger partial charge in [0, 0.05) is 6.42 Å². The molecule has 1 aromatic carbocycles. The first-order valence-electron chi connectivity index (χ1n) is 7.17. The first-order valence-corrected chi connectivity index (χ1v) is 7.17. The maximum absolute atomic E-state index is 10.9. The number of carbonyl (C=O) groups is 1. The van der Waals surface area contributed by atoms with E-state index in [0.29, 0.717) is 5.75 Å². The summed E-state index contributed by atoms with van der Waals surface area (Å²) in [5.74, 6) is 1.01. The quantitative estimate of drug-likeness (QED) is 0.624. The highest BCUT2D eigenvalue weighted by Gasteiger charge is 2.18. The average Bonchev–Trinajstić information content (AvgIpc) is 3.00. The van der Waals surface area contributed by atoms with Crippen molar-refractivity contribution in [1.29, 1.82) is 0 Å². The van der Waals surface area contributed by atoms with Crippen molar-refractivity contribution < 1.29 is 19.5 Å². The minimum absolute atomic E-state index is 0.126. The summed E-state index contributed by atoms with van der Waals surface area (Å²) in [6, 6.07) is 5.66. The molecular weight excluding hydrogens is 270 g/mol. The smallest absolute Gasteiger partial charge is 0.247 e. The van der Waals surface area contributed by atoms with Gasteiger partial charge in [0.2, 0.25) is 5.91 Å². The van der Waals surface area contributed by atoms with E-state index in [9.17, 15) is 4.79 Å². The van der Waals surface area contributed by atoms with Crippen molar-refractivity contribution in [2.75, 3.05) is 7.11 Å². The number of ether oxygens (including phenoxy) is 2. The molecule has 1 aliphatic rings. The number of hydrogen-bond acceptors (Lipinski definition) is 4. The third-order valence-corrected chi connectivity index (χ3v) is 3.52. The van der Waals surface area contributed by atoms with Gasteiger partial charge in [0.1, 0.15) is 0 Å². The molecule has 0 radical (unpaired) electrons. The minimum atomic E-state index is -0.442. The zero-order chi connectivity index (χ0) is 15.1. The molecule has 2 N–H and O–H groups in total. The van der Waals surface area contributed by atoms with E-state index in [1.165, 1.54) is 12.8 Å². The Labute approximate surface area is 124 Å². The topological polar surface area (TPSA) is 67.8 Å². The van der Waals surface area contributed by atoms with Gasteiger partial charge in [-0.25, -0.2) is 5.48 Å². The summed E-state index contributed by atoms with van der Waals surface area (Å²) in [6.07, 6.45) is 8.48. The molecule has 0 spiro atoms. The highest BCUT2D eigenvalue weighted by Crippen LogP contribution is 2.32. The molecule has 0 bridgehead atoms. The van der Waals surface area contributed by atoms with Crippen LogP contribution in [-0.4, -0.2) is 24.3 Å². The minimum Gasteiger partial charge on any atom is -0.493 e. The fourth-order valence-electron chi connectivity index (χ4n) is 2.42. The Morgan fingerprint density at radius 2 is 2.14 bits per heavy atom. The van der Waals surface area contributed by atoms with Gasteiger partial charge in [0.15, 0.2) is 11.5 Å². The van der Waals surface area contributed by atoms with Crippen LogP contribution in [0.5, 0.6) is 11.5 Å². The molecule has 0 unspecified atom stereocenters. The first-order chi connectivity index (χ1) is 10.2. The molecule has 0 atom stereocenters. The summed E-state index contributed by atoms with van der Waals surface area (Å²) in [7, 11) is 1.62. The lowest BCUT2D eigenvalue weighted by Crippen LogP contribution is -2.16. The summed E-state index contributed by atoms with van der Waals surface area (Å²) >= 11 is 0. The molecule has 21 heavy (non-hydrogen) atoms. The molecule has 1 aromatic rings. The lowest BCUT2D eigenvalue weighted by molar-refractivity contribution is -0.128. The second kappa shape index (κ2) is 7.69. The van der Waals surface area contributed by atoms with Crippen molar-refractivity contribution in [3.05, 3.63) is 29.8 Å². The van der Waals surface area contributed by atoms with Gasteiger partial charge in [-0.3, -0.25) is 10.0 Å². The van der Waals surface area contributed by atoms with E-state index >= 15 is 0 Å².